The molecule has 0 radical (unpaired) electrons. The second kappa shape index (κ2) is 5.65. The summed E-state index contributed by atoms with van der Waals surface area (Å²) in [5, 5.41) is 7.83. The van der Waals surface area contributed by atoms with E-state index < -0.39 is 0 Å². The van der Waals surface area contributed by atoms with Crippen molar-refractivity contribution in [3.05, 3.63) is 17.5 Å². The monoisotopic (exact) mass is 249 g/mol. The molecule has 18 heavy (non-hydrogen) atoms. The van der Waals surface area contributed by atoms with Crippen molar-refractivity contribution in [2.24, 2.45) is 5.92 Å². The van der Waals surface area contributed by atoms with Gasteiger partial charge in [0.25, 0.3) is 0 Å². The van der Waals surface area contributed by atoms with Crippen molar-refractivity contribution in [1.29, 1.82) is 0 Å². The van der Waals surface area contributed by atoms with Gasteiger partial charge in [0, 0.05) is 30.6 Å². The second-order valence-electron chi connectivity index (χ2n) is 5.08. The van der Waals surface area contributed by atoms with Crippen LogP contribution in [0, 0.1) is 5.92 Å². The summed E-state index contributed by atoms with van der Waals surface area (Å²) in [6.07, 6.45) is 2.42. The fourth-order valence-electron chi connectivity index (χ4n) is 2.71. The number of carbonyl (C=O) groups excluding carboxylic acids is 1. The number of rotatable bonds is 5. The summed E-state index contributed by atoms with van der Waals surface area (Å²) >= 11 is 0. The topological polar surface area (TPSA) is 46.9 Å². The molecule has 2 heterocycles. The minimum absolute atomic E-state index is 0.176. The summed E-state index contributed by atoms with van der Waals surface area (Å²) in [5.74, 6) is 0.528. The molecular formula is C14H23N3O. The number of hydrogen-bond donors (Lipinski definition) is 1. The van der Waals surface area contributed by atoms with Gasteiger partial charge in [0.05, 0.1) is 5.69 Å². The van der Waals surface area contributed by atoms with Crippen molar-refractivity contribution in [1.82, 2.24) is 15.1 Å². The molecule has 2 rings (SSSR count). The van der Waals surface area contributed by atoms with E-state index in [0.29, 0.717) is 18.2 Å². The van der Waals surface area contributed by atoms with E-state index in [1.165, 1.54) is 0 Å². The molecule has 0 aromatic carbocycles. The van der Waals surface area contributed by atoms with Gasteiger partial charge in [-0.15, -0.1) is 0 Å². The predicted octanol–water partition coefficient (Wildman–Crippen LogP) is 1.57. The number of aryl methyl sites for hydroxylation is 2. The van der Waals surface area contributed by atoms with E-state index in [1.807, 2.05) is 4.68 Å². The molecule has 2 unspecified atom stereocenters. The molecule has 2 atom stereocenters. The van der Waals surface area contributed by atoms with E-state index in [-0.39, 0.29) is 5.92 Å². The molecule has 1 fully saturated rings. The predicted molar refractivity (Wildman–Crippen MR) is 71.6 cm³/mol. The molecule has 0 spiro atoms. The highest BCUT2D eigenvalue weighted by atomic mass is 16.1. The average molecular weight is 249 g/mol. The van der Waals surface area contributed by atoms with Crippen LogP contribution in [0.3, 0.4) is 0 Å². The molecule has 0 saturated carbocycles. The van der Waals surface area contributed by atoms with Crippen LogP contribution in [0.4, 0.5) is 0 Å². The van der Waals surface area contributed by atoms with Crippen LogP contribution in [0.5, 0.6) is 0 Å². The molecular weight excluding hydrogens is 226 g/mol. The Labute approximate surface area is 109 Å². The summed E-state index contributed by atoms with van der Waals surface area (Å²) in [7, 11) is 0. The summed E-state index contributed by atoms with van der Waals surface area (Å²) in [4.78, 5) is 12.3. The fraction of sp³-hybridized carbons (Fsp3) is 0.714. The molecule has 0 bridgehead atoms. The number of nitrogens with zero attached hydrogens (tertiary/aromatic N) is 2. The lowest BCUT2D eigenvalue weighted by molar-refractivity contribution is -0.122. The molecule has 1 aromatic rings. The van der Waals surface area contributed by atoms with Crippen LogP contribution >= 0.6 is 0 Å². The Morgan fingerprint density at radius 2 is 2.33 bits per heavy atom. The highest BCUT2D eigenvalue weighted by Gasteiger charge is 2.29. The minimum Gasteiger partial charge on any atom is -0.314 e. The number of Topliss-reactive ketones (excluding diaryl/α,β-unsaturated/α-hetero) is 1. The van der Waals surface area contributed by atoms with Crippen LogP contribution in [-0.2, 0) is 24.2 Å². The van der Waals surface area contributed by atoms with Gasteiger partial charge in [-0.25, -0.2) is 0 Å². The first kappa shape index (κ1) is 13.3. The van der Waals surface area contributed by atoms with E-state index in [4.69, 9.17) is 0 Å². The van der Waals surface area contributed by atoms with Crippen LogP contribution in [-0.4, -0.2) is 28.2 Å². The third-order valence-corrected chi connectivity index (χ3v) is 3.87. The lowest BCUT2D eigenvalue weighted by atomic mass is 9.94. The quantitative estimate of drug-likeness (QED) is 0.861. The van der Waals surface area contributed by atoms with Gasteiger partial charge < -0.3 is 5.32 Å². The number of carbonyl (C=O) groups is 1. The van der Waals surface area contributed by atoms with Gasteiger partial charge in [-0.3, -0.25) is 9.48 Å². The van der Waals surface area contributed by atoms with Crippen molar-refractivity contribution >= 4 is 5.78 Å². The Morgan fingerprint density at radius 3 is 2.89 bits per heavy atom. The van der Waals surface area contributed by atoms with Gasteiger partial charge in [0.1, 0.15) is 5.78 Å². The van der Waals surface area contributed by atoms with Gasteiger partial charge in [-0.2, -0.15) is 5.10 Å². The van der Waals surface area contributed by atoms with Gasteiger partial charge in [0.15, 0.2) is 0 Å². The van der Waals surface area contributed by atoms with E-state index in [2.05, 4.69) is 37.3 Å². The maximum absolute atomic E-state index is 12.3. The first-order chi connectivity index (χ1) is 8.65. The van der Waals surface area contributed by atoms with Crippen LogP contribution in [0.2, 0.25) is 0 Å². The molecule has 4 nitrogen and oxygen atoms in total. The third-order valence-electron chi connectivity index (χ3n) is 3.87. The summed E-state index contributed by atoms with van der Waals surface area (Å²) in [6.45, 7) is 8.06. The molecule has 1 aliphatic rings. The number of hydrogen-bond acceptors (Lipinski definition) is 3. The Bertz CT molecular complexity index is 425. The summed E-state index contributed by atoms with van der Waals surface area (Å²) < 4.78 is 1.96. The maximum Gasteiger partial charge on any atom is 0.143 e. The van der Waals surface area contributed by atoms with Gasteiger partial charge in [0.2, 0.25) is 0 Å². The highest BCUT2D eigenvalue weighted by Crippen LogP contribution is 2.19. The zero-order valence-electron chi connectivity index (χ0n) is 11.6. The summed E-state index contributed by atoms with van der Waals surface area (Å²) in [6, 6.07) is 2.40. The minimum atomic E-state index is 0.176. The van der Waals surface area contributed by atoms with Crippen molar-refractivity contribution in [2.75, 3.05) is 6.54 Å². The smallest absolute Gasteiger partial charge is 0.143 e. The van der Waals surface area contributed by atoms with Crippen LogP contribution in [0.25, 0.3) is 0 Å². The molecule has 4 heteroatoms. The van der Waals surface area contributed by atoms with Crippen molar-refractivity contribution in [3.8, 4) is 0 Å². The summed E-state index contributed by atoms with van der Waals surface area (Å²) in [5.41, 5.74) is 2.15. The second-order valence-corrected chi connectivity index (χ2v) is 5.08. The van der Waals surface area contributed by atoms with Gasteiger partial charge >= 0.3 is 0 Å². The highest BCUT2D eigenvalue weighted by molar-refractivity contribution is 5.83. The number of nitrogens with one attached hydrogen (secondary N) is 1. The molecule has 1 aliphatic heterocycles. The van der Waals surface area contributed by atoms with Gasteiger partial charge in [-0.05, 0) is 39.3 Å². The number of ketones is 1. The Kier molecular flexibility index (Phi) is 4.17. The van der Waals surface area contributed by atoms with E-state index >= 15 is 0 Å². The zero-order valence-corrected chi connectivity index (χ0v) is 11.6. The van der Waals surface area contributed by atoms with E-state index in [1.54, 1.807) is 0 Å². The SMILES string of the molecule is CCc1cc(CC(=O)C2CCNC2C)n(CC)n1. The first-order valence-corrected chi connectivity index (χ1v) is 6.97. The maximum atomic E-state index is 12.3. The standard InChI is InChI=1S/C14H23N3O/c1-4-11-8-12(17(5-2)16-11)9-14(18)13-6-7-15-10(13)3/h8,10,13,15H,4-7,9H2,1-3H3. The fourth-order valence-corrected chi connectivity index (χ4v) is 2.71. The lowest BCUT2D eigenvalue weighted by Crippen LogP contribution is -2.29. The molecule has 1 N–H and O–H groups in total. The normalized spacial score (nSPS) is 23.5. The molecule has 1 saturated heterocycles. The molecule has 0 aliphatic carbocycles. The lowest BCUT2D eigenvalue weighted by Gasteiger charge is -2.13. The Hall–Kier alpha value is -1.16. The average Bonchev–Trinajstić information content (AvgIpc) is 2.95. The van der Waals surface area contributed by atoms with Crippen LogP contribution in [0.1, 0.15) is 38.6 Å². The molecule has 1 aromatic heterocycles. The third kappa shape index (κ3) is 2.64. The van der Waals surface area contributed by atoms with Gasteiger partial charge in [-0.1, -0.05) is 6.92 Å². The number of aromatic nitrogens is 2. The van der Waals surface area contributed by atoms with Crippen molar-refractivity contribution in [2.45, 2.75) is 52.6 Å². The van der Waals surface area contributed by atoms with Crippen LogP contribution < -0.4 is 5.32 Å². The molecule has 100 valence electrons. The van der Waals surface area contributed by atoms with E-state index in [9.17, 15) is 4.79 Å². The zero-order chi connectivity index (χ0) is 13.1. The largest absolute Gasteiger partial charge is 0.314 e. The van der Waals surface area contributed by atoms with Crippen molar-refractivity contribution < 1.29 is 4.79 Å². The van der Waals surface area contributed by atoms with Crippen molar-refractivity contribution in [3.63, 3.8) is 0 Å². The molecule has 0 amide bonds. The van der Waals surface area contributed by atoms with E-state index in [0.717, 1.165) is 37.3 Å². The van der Waals surface area contributed by atoms with Crippen LogP contribution in [0.15, 0.2) is 6.07 Å². The Balaban J connectivity index is 2.08. The first-order valence-electron chi connectivity index (χ1n) is 6.97. The Morgan fingerprint density at radius 1 is 1.56 bits per heavy atom.